The minimum absolute atomic E-state index is 0.135. The first kappa shape index (κ1) is 12.0. The van der Waals surface area contributed by atoms with Crippen molar-refractivity contribution in [3.05, 3.63) is 53.6 Å². The molecule has 0 amide bonds. The van der Waals surface area contributed by atoms with E-state index in [4.69, 9.17) is 15.9 Å². The molecule has 1 heterocycles. The molecule has 1 aromatic heterocycles. The van der Waals surface area contributed by atoms with Gasteiger partial charge in [-0.1, -0.05) is 6.07 Å². The average Bonchev–Trinajstić information content (AvgIpc) is 2.34. The van der Waals surface area contributed by atoms with Crippen molar-refractivity contribution in [3.8, 4) is 11.5 Å². The lowest BCUT2D eigenvalue weighted by Crippen LogP contribution is -2.12. The van der Waals surface area contributed by atoms with Crippen molar-refractivity contribution in [1.82, 2.24) is 4.98 Å². The summed E-state index contributed by atoms with van der Waals surface area (Å²) in [6.07, 6.45) is 1.46. The van der Waals surface area contributed by atoms with Gasteiger partial charge in [0.05, 0.1) is 0 Å². The van der Waals surface area contributed by atoms with Crippen molar-refractivity contribution >= 4 is 5.84 Å². The molecule has 4 nitrogen and oxygen atoms in total. The fourth-order valence-corrected chi connectivity index (χ4v) is 1.44. The van der Waals surface area contributed by atoms with Crippen LogP contribution in [-0.2, 0) is 0 Å². The summed E-state index contributed by atoms with van der Waals surface area (Å²) in [6, 6.07) is 7.68. The molecule has 0 saturated heterocycles. The summed E-state index contributed by atoms with van der Waals surface area (Å²) in [4.78, 5) is 3.90. The van der Waals surface area contributed by atoms with Gasteiger partial charge < -0.3 is 10.5 Å². The van der Waals surface area contributed by atoms with Crippen LogP contribution < -0.4 is 10.5 Å². The molecule has 0 unspecified atom stereocenters. The summed E-state index contributed by atoms with van der Waals surface area (Å²) < 4.78 is 18.9. The molecule has 0 atom stereocenters. The van der Waals surface area contributed by atoms with E-state index in [-0.39, 0.29) is 11.6 Å². The Bertz CT molecular complexity index is 599. The number of pyridine rings is 1. The fourth-order valence-electron chi connectivity index (χ4n) is 1.44. The van der Waals surface area contributed by atoms with Crippen molar-refractivity contribution in [2.24, 2.45) is 5.73 Å². The van der Waals surface area contributed by atoms with Gasteiger partial charge >= 0.3 is 0 Å². The van der Waals surface area contributed by atoms with Crippen molar-refractivity contribution < 1.29 is 9.13 Å². The summed E-state index contributed by atoms with van der Waals surface area (Å²) in [7, 11) is 0. The first-order valence-electron chi connectivity index (χ1n) is 5.31. The Morgan fingerprint density at radius 3 is 2.83 bits per heavy atom. The predicted molar refractivity (Wildman–Crippen MR) is 66.5 cm³/mol. The highest BCUT2D eigenvalue weighted by atomic mass is 19.1. The number of rotatable bonds is 3. The fraction of sp³-hybridized carbons (Fsp3) is 0.0769. The first-order valence-corrected chi connectivity index (χ1v) is 5.31. The minimum atomic E-state index is -0.443. The maximum absolute atomic E-state index is 13.5. The van der Waals surface area contributed by atoms with E-state index in [9.17, 15) is 4.39 Å². The number of halogens is 1. The van der Waals surface area contributed by atoms with Gasteiger partial charge in [0, 0.05) is 12.3 Å². The molecule has 92 valence electrons. The highest BCUT2D eigenvalue weighted by molar-refractivity contribution is 5.93. The highest BCUT2D eigenvalue weighted by Gasteiger charge is 2.06. The smallest absolute Gasteiger partial charge is 0.165 e. The van der Waals surface area contributed by atoms with E-state index < -0.39 is 5.82 Å². The van der Waals surface area contributed by atoms with Crippen molar-refractivity contribution in [2.75, 3.05) is 0 Å². The summed E-state index contributed by atoms with van der Waals surface area (Å²) in [5.74, 6) is -0.0812. The predicted octanol–water partition coefficient (Wildman–Crippen LogP) is 2.61. The third-order valence-electron chi connectivity index (χ3n) is 2.32. The molecule has 0 aliphatic rings. The van der Waals surface area contributed by atoms with E-state index in [0.717, 1.165) is 5.56 Å². The molecule has 0 fully saturated rings. The van der Waals surface area contributed by atoms with E-state index in [1.54, 1.807) is 18.2 Å². The van der Waals surface area contributed by atoms with Crippen LogP contribution in [0.5, 0.6) is 11.5 Å². The zero-order valence-electron chi connectivity index (χ0n) is 9.77. The number of hydrogen-bond acceptors (Lipinski definition) is 3. The summed E-state index contributed by atoms with van der Waals surface area (Å²) >= 11 is 0. The number of ether oxygens (including phenoxy) is 1. The molecule has 0 aliphatic carbocycles. The van der Waals surface area contributed by atoms with Crippen LogP contribution in [0, 0.1) is 18.2 Å². The van der Waals surface area contributed by atoms with E-state index in [2.05, 4.69) is 4.98 Å². The number of nitrogen functional groups attached to an aromatic ring is 1. The third-order valence-corrected chi connectivity index (χ3v) is 2.32. The van der Waals surface area contributed by atoms with Gasteiger partial charge in [0.1, 0.15) is 17.3 Å². The Balaban J connectivity index is 2.31. The maximum atomic E-state index is 13.5. The number of nitrogens with zero attached hydrogens (tertiary/aromatic N) is 1. The second-order valence-electron chi connectivity index (χ2n) is 3.83. The van der Waals surface area contributed by atoms with E-state index >= 15 is 0 Å². The molecule has 2 rings (SSSR count). The molecule has 0 radical (unpaired) electrons. The zero-order valence-corrected chi connectivity index (χ0v) is 9.77. The standard InChI is InChI=1S/C13H12FN3O/c1-8-2-3-10(14)12(6-8)18-9-4-5-17-11(7-9)13(15)16/h2-7H,1H3,(H3,15,16). The summed E-state index contributed by atoms with van der Waals surface area (Å²) in [5.41, 5.74) is 6.51. The number of aromatic nitrogens is 1. The first-order chi connectivity index (χ1) is 8.56. The summed E-state index contributed by atoms with van der Waals surface area (Å²) in [5, 5.41) is 7.27. The molecule has 0 spiro atoms. The highest BCUT2D eigenvalue weighted by Crippen LogP contribution is 2.25. The number of hydrogen-bond donors (Lipinski definition) is 2. The second-order valence-corrected chi connectivity index (χ2v) is 3.83. The van der Waals surface area contributed by atoms with Crippen LogP contribution in [0.25, 0.3) is 0 Å². The molecule has 18 heavy (non-hydrogen) atoms. The molecular formula is C13H12FN3O. The third kappa shape index (κ3) is 2.63. The lowest BCUT2D eigenvalue weighted by atomic mass is 10.2. The van der Waals surface area contributed by atoms with Crippen LogP contribution in [-0.4, -0.2) is 10.8 Å². The van der Waals surface area contributed by atoms with Crippen molar-refractivity contribution in [2.45, 2.75) is 6.92 Å². The van der Waals surface area contributed by atoms with Gasteiger partial charge in [0.2, 0.25) is 0 Å². The molecule has 5 heteroatoms. The normalized spacial score (nSPS) is 10.1. The van der Waals surface area contributed by atoms with Crippen molar-refractivity contribution in [1.29, 1.82) is 5.41 Å². The molecule has 2 aromatic rings. The molecule has 0 aliphatic heterocycles. The van der Waals surface area contributed by atoms with Crippen LogP contribution in [0.15, 0.2) is 36.5 Å². The van der Waals surface area contributed by atoms with Crippen LogP contribution in [0.4, 0.5) is 4.39 Å². The van der Waals surface area contributed by atoms with E-state index in [0.29, 0.717) is 11.4 Å². The minimum Gasteiger partial charge on any atom is -0.454 e. The number of nitrogens with two attached hydrogens (primary N) is 1. The molecule has 0 bridgehead atoms. The molecule has 1 aromatic carbocycles. The number of amidine groups is 1. The second kappa shape index (κ2) is 4.83. The topological polar surface area (TPSA) is 72.0 Å². The Morgan fingerprint density at radius 1 is 1.33 bits per heavy atom. The maximum Gasteiger partial charge on any atom is 0.165 e. The Labute approximate surface area is 104 Å². The Kier molecular flexibility index (Phi) is 3.23. The van der Waals surface area contributed by atoms with Crippen LogP contribution in [0.2, 0.25) is 0 Å². The van der Waals surface area contributed by atoms with Gasteiger partial charge in [-0.2, -0.15) is 0 Å². The number of benzene rings is 1. The van der Waals surface area contributed by atoms with E-state index in [1.807, 2.05) is 6.92 Å². The lowest BCUT2D eigenvalue weighted by molar-refractivity contribution is 0.441. The quantitative estimate of drug-likeness (QED) is 0.645. The van der Waals surface area contributed by atoms with Gasteiger partial charge in [-0.15, -0.1) is 0 Å². The number of nitrogens with one attached hydrogen (secondary N) is 1. The summed E-state index contributed by atoms with van der Waals surface area (Å²) in [6.45, 7) is 1.85. The van der Waals surface area contributed by atoms with Gasteiger partial charge in [-0.05, 0) is 30.7 Å². The SMILES string of the molecule is Cc1ccc(F)c(Oc2ccnc(C(=N)N)c2)c1. The Hall–Kier alpha value is -2.43. The van der Waals surface area contributed by atoms with Crippen LogP contribution in [0.3, 0.4) is 0 Å². The molecular weight excluding hydrogens is 233 g/mol. The van der Waals surface area contributed by atoms with Crippen LogP contribution in [0.1, 0.15) is 11.3 Å². The molecule has 0 saturated carbocycles. The van der Waals surface area contributed by atoms with Crippen molar-refractivity contribution in [3.63, 3.8) is 0 Å². The van der Waals surface area contributed by atoms with Gasteiger partial charge in [0.25, 0.3) is 0 Å². The lowest BCUT2D eigenvalue weighted by Gasteiger charge is -2.08. The van der Waals surface area contributed by atoms with Gasteiger partial charge in [0.15, 0.2) is 11.6 Å². The van der Waals surface area contributed by atoms with Gasteiger partial charge in [-0.25, -0.2) is 4.39 Å². The largest absolute Gasteiger partial charge is 0.454 e. The van der Waals surface area contributed by atoms with Crippen LogP contribution >= 0.6 is 0 Å². The van der Waals surface area contributed by atoms with Gasteiger partial charge in [-0.3, -0.25) is 10.4 Å². The average molecular weight is 245 g/mol. The monoisotopic (exact) mass is 245 g/mol. The molecule has 3 N–H and O–H groups in total. The zero-order chi connectivity index (χ0) is 13.1. The van der Waals surface area contributed by atoms with E-state index in [1.165, 1.54) is 18.3 Å². The Morgan fingerprint density at radius 2 is 2.11 bits per heavy atom. The number of aryl methyl sites for hydroxylation is 1.